The molecule has 1 unspecified atom stereocenters. The third kappa shape index (κ3) is 2.00. The summed E-state index contributed by atoms with van der Waals surface area (Å²) in [5, 5.41) is 4.92. The van der Waals surface area contributed by atoms with E-state index in [-0.39, 0.29) is 6.04 Å². The summed E-state index contributed by atoms with van der Waals surface area (Å²) in [6.45, 7) is 0. The number of para-hydroxylation sites is 1. The molecule has 116 valence electrons. The molecule has 1 aliphatic heterocycles. The molecule has 3 heterocycles. The summed E-state index contributed by atoms with van der Waals surface area (Å²) in [5.41, 5.74) is 6.97. The number of hydrogen-bond donors (Lipinski definition) is 2. The van der Waals surface area contributed by atoms with E-state index in [1.807, 2.05) is 6.20 Å². The first-order chi connectivity index (χ1) is 11.8. The normalized spacial score (nSPS) is 15.6. The standard InChI is InChI=1S/C20H14BrN3/c21-13-7-5-12(6-8-13)19-16-11-23-20-18(16)15(9-10-22-20)14-3-1-2-4-17(14)24-19/h1-11,19,24H,(H,22,23). The second-order valence-corrected chi connectivity index (χ2v) is 6.92. The number of H-pyrrole nitrogens is 1. The largest absolute Gasteiger partial charge is 0.374 e. The highest BCUT2D eigenvalue weighted by molar-refractivity contribution is 9.10. The van der Waals surface area contributed by atoms with Gasteiger partial charge in [0.2, 0.25) is 0 Å². The van der Waals surface area contributed by atoms with E-state index in [4.69, 9.17) is 0 Å². The molecule has 1 atom stereocenters. The van der Waals surface area contributed by atoms with Crippen molar-refractivity contribution in [3.05, 3.63) is 82.6 Å². The number of nitrogens with zero attached hydrogens (tertiary/aromatic N) is 1. The zero-order valence-corrected chi connectivity index (χ0v) is 14.3. The van der Waals surface area contributed by atoms with Gasteiger partial charge in [-0.3, -0.25) is 0 Å². The lowest BCUT2D eigenvalue weighted by Crippen LogP contribution is -2.11. The highest BCUT2D eigenvalue weighted by Crippen LogP contribution is 2.43. The van der Waals surface area contributed by atoms with Gasteiger partial charge in [0.05, 0.1) is 6.04 Å². The van der Waals surface area contributed by atoms with Crippen LogP contribution in [0.5, 0.6) is 0 Å². The summed E-state index contributed by atoms with van der Waals surface area (Å²) in [6, 6.07) is 19.1. The molecule has 4 aromatic rings. The fourth-order valence-corrected chi connectivity index (χ4v) is 3.79. The lowest BCUT2D eigenvalue weighted by molar-refractivity contribution is 0.952. The van der Waals surface area contributed by atoms with Gasteiger partial charge in [-0.2, -0.15) is 0 Å². The van der Waals surface area contributed by atoms with Crippen LogP contribution in [-0.4, -0.2) is 9.97 Å². The van der Waals surface area contributed by atoms with Gasteiger partial charge in [0.25, 0.3) is 0 Å². The summed E-state index contributed by atoms with van der Waals surface area (Å²) in [4.78, 5) is 7.84. The van der Waals surface area contributed by atoms with Crippen molar-refractivity contribution in [1.82, 2.24) is 9.97 Å². The molecular weight excluding hydrogens is 362 g/mol. The molecule has 0 fully saturated rings. The van der Waals surface area contributed by atoms with Crippen LogP contribution < -0.4 is 5.32 Å². The topological polar surface area (TPSA) is 40.7 Å². The average molecular weight is 376 g/mol. The van der Waals surface area contributed by atoms with Crippen LogP contribution >= 0.6 is 15.9 Å². The quantitative estimate of drug-likeness (QED) is 0.460. The van der Waals surface area contributed by atoms with Crippen molar-refractivity contribution in [2.75, 3.05) is 5.32 Å². The fraction of sp³-hybridized carbons (Fsp3) is 0.0500. The fourth-order valence-electron chi connectivity index (χ4n) is 3.53. The van der Waals surface area contributed by atoms with Gasteiger partial charge in [-0.1, -0.05) is 46.3 Å². The molecule has 0 spiro atoms. The number of benzene rings is 2. The van der Waals surface area contributed by atoms with Crippen molar-refractivity contribution in [2.24, 2.45) is 0 Å². The Morgan fingerprint density at radius 3 is 2.62 bits per heavy atom. The molecule has 0 saturated carbocycles. The Morgan fingerprint density at radius 2 is 1.75 bits per heavy atom. The van der Waals surface area contributed by atoms with Gasteiger partial charge < -0.3 is 10.3 Å². The third-order valence-electron chi connectivity index (χ3n) is 4.64. The van der Waals surface area contributed by atoms with Crippen LogP contribution in [-0.2, 0) is 0 Å². The SMILES string of the molecule is Brc1ccc(C2Nc3ccccc3-c3ccnc4[nH]cc2c34)cc1. The summed E-state index contributed by atoms with van der Waals surface area (Å²) >= 11 is 3.52. The van der Waals surface area contributed by atoms with Gasteiger partial charge in [-0.25, -0.2) is 4.98 Å². The predicted octanol–water partition coefficient (Wildman–Crippen LogP) is 5.51. The highest BCUT2D eigenvalue weighted by Gasteiger charge is 2.25. The molecular formula is C20H14BrN3. The number of fused-ring (bicyclic) bond motifs is 2. The molecule has 2 aromatic heterocycles. The number of halogens is 1. The second-order valence-electron chi connectivity index (χ2n) is 6.00. The summed E-state index contributed by atoms with van der Waals surface area (Å²) < 4.78 is 1.08. The Labute approximate surface area is 147 Å². The van der Waals surface area contributed by atoms with Gasteiger partial charge in [-0.15, -0.1) is 0 Å². The molecule has 4 heteroatoms. The van der Waals surface area contributed by atoms with E-state index in [0.717, 1.165) is 15.8 Å². The van der Waals surface area contributed by atoms with Crippen LogP contribution in [0.1, 0.15) is 17.2 Å². The maximum absolute atomic E-state index is 4.51. The van der Waals surface area contributed by atoms with Crippen LogP contribution in [0.25, 0.3) is 22.2 Å². The van der Waals surface area contributed by atoms with Gasteiger partial charge in [0.1, 0.15) is 5.65 Å². The minimum atomic E-state index is 0.0819. The van der Waals surface area contributed by atoms with E-state index in [0.29, 0.717) is 0 Å². The molecule has 0 aliphatic carbocycles. The molecule has 3 nitrogen and oxygen atoms in total. The van der Waals surface area contributed by atoms with Crippen LogP contribution in [0.2, 0.25) is 0 Å². The van der Waals surface area contributed by atoms with Crippen molar-refractivity contribution in [3.63, 3.8) is 0 Å². The van der Waals surface area contributed by atoms with Gasteiger partial charge in [0, 0.05) is 39.1 Å². The smallest absolute Gasteiger partial charge is 0.138 e. The monoisotopic (exact) mass is 375 g/mol. The Morgan fingerprint density at radius 1 is 0.917 bits per heavy atom. The van der Waals surface area contributed by atoms with Crippen LogP contribution in [0, 0.1) is 0 Å². The molecule has 24 heavy (non-hydrogen) atoms. The van der Waals surface area contributed by atoms with E-state index in [2.05, 4.69) is 92.0 Å². The first-order valence-electron chi connectivity index (χ1n) is 7.88. The van der Waals surface area contributed by atoms with Crippen molar-refractivity contribution >= 4 is 32.7 Å². The number of anilines is 1. The average Bonchev–Trinajstić information content (AvgIpc) is 2.98. The van der Waals surface area contributed by atoms with Gasteiger partial charge in [0.15, 0.2) is 0 Å². The number of pyridine rings is 1. The number of rotatable bonds is 1. The van der Waals surface area contributed by atoms with Crippen LogP contribution in [0.4, 0.5) is 5.69 Å². The lowest BCUT2D eigenvalue weighted by Gasteiger charge is -2.19. The molecule has 0 saturated heterocycles. The van der Waals surface area contributed by atoms with Crippen LogP contribution in [0.15, 0.2) is 71.5 Å². The maximum atomic E-state index is 4.51. The van der Waals surface area contributed by atoms with E-state index in [1.54, 1.807) is 0 Å². The van der Waals surface area contributed by atoms with Crippen LogP contribution in [0.3, 0.4) is 0 Å². The zero-order chi connectivity index (χ0) is 16.1. The number of aromatic nitrogens is 2. The van der Waals surface area contributed by atoms with Crippen molar-refractivity contribution in [2.45, 2.75) is 6.04 Å². The van der Waals surface area contributed by atoms with Gasteiger partial charge in [-0.05, 0) is 35.4 Å². The number of aromatic amines is 1. The molecule has 2 N–H and O–H groups in total. The zero-order valence-electron chi connectivity index (χ0n) is 12.8. The third-order valence-corrected chi connectivity index (χ3v) is 5.16. The number of nitrogens with one attached hydrogen (secondary N) is 2. The maximum Gasteiger partial charge on any atom is 0.138 e. The summed E-state index contributed by atoms with van der Waals surface area (Å²) in [5.74, 6) is 0. The van der Waals surface area contributed by atoms with E-state index in [9.17, 15) is 0 Å². The van der Waals surface area contributed by atoms with E-state index >= 15 is 0 Å². The van der Waals surface area contributed by atoms with Crippen molar-refractivity contribution in [3.8, 4) is 11.1 Å². The molecule has 0 bridgehead atoms. The van der Waals surface area contributed by atoms with E-state index in [1.165, 1.54) is 27.6 Å². The first kappa shape index (κ1) is 13.8. The predicted molar refractivity (Wildman–Crippen MR) is 101 cm³/mol. The minimum Gasteiger partial charge on any atom is -0.374 e. The van der Waals surface area contributed by atoms with Gasteiger partial charge >= 0.3 is 0 Å². The van der Waals surface area contributed by atoms with E-state index < -0.39 is 0 Å². The second kappa shape index (κ2) is 5.21. The van der Waals surface area contributed by atoms with Crippen molar-refractivity contribution in [1.29, 1.82) is 0 Å². The van der Waals surface area contributed by atoms with Crippen molar-refractivity contribution < 1.29 is 0 Å². The molecule has 0 radical (unpaired) electrons. The first-order valence-corrected chi connectivity index (χ1v) is 8.68. The Kier molecular flexibility index (Phi) is 3.00. The summed E-state index contributed by atoms with van der Waals surface area (Å²) in [6.07, 6.45) is 3.95. The molecule has 1 aliphatic rings. The lowest BCUT2D eigenvalue weighted by atomic mass is 9.97. The number of hydrogen-bond acceptors (Lipinski definition) is 2. The summed E-state index contributed by atoms with van der Waals surface area (Å²) in [7, 11) is 0. The Hall–Kier alpha value is -2.59. The Bertz CT molecular complexity index is 1050. The molecule has 0 amide bonds. The highest BCUT2D eigenvalue weighted by atomic mass is 79.9. The molecule has 2 aromatic carbocycles. The minimum absolute atomic E-state index is 0.0819. The Balaban J connectivity index is 1.83. The molecule has 5 rings (SSSR count).